The number of rotatable bonds is 6. The second kappa shape index (κ2) is 8.74. The van der Waals surface area contributed by atoms with Gasteiger partial charge in [-0.05, 0) is 42.6 Å². The summed E-state index contributed by atoms with van der Waals surface area (Å²) in [7, 11) is 0. The average molecular weight is 402 g/mol. The SMILES string of the molecule is C/C(=N\N(c1ccccc1)c1ccccc1)c1ccc2ccccc2c1OC(F)F. The molecule has 0 aliphatic carbocycles. The first kappa shape index (κ1) is 19.6. The highest BCUT2D eigenvalue weighted by atomic mass is 19.3. The quantitative estimate of drug-likeness (QED) is 0.256. The van der Waals surface area contributed by atoms with Crippen LogP contribution in [0.3, 0.4) is 0 Å². The first-order valence-corrected chi connectivity index (χ1v) is 9.56. The third-order valence-electron chi connectivity index (χ3n) is 4.73. The number of alkyl halides is 2. The van der Waals surface area contributed by atoms with E-state index in [1.807, 2.05) is 78.9 Å². The number of hydrogen-bond acceptors (Lipinski definition) is 3. The molecule has 4 aromatic rings. The maximum atomic E-state index is 13.2. The zero-order valence-corrected chi connectivity index (χ0v) is 16.4. The van der Waals surface area contributed by atoms with Gasteiger partial charge in [0, 0.05) is 10.9 Å². The summed E-state index contributed by atoms with van der Waals surface area (Å²) < 4.78 is 31.4. The van der Waals surface area contributed by atoms with Crippen LogP contribution in [0.5, 0.6) is 5.75 Å². The molecule has 0 saturated heterocycles. The molecule has 0 amide bonds. The van der Waals surface area contributed by atoms with Crippen LogP contribution in [0.4, 0.5) is 20.2 Å². The molecule has 5 heteroatoms. The van der Waals surface area contributed by atoms with Gasteiger partial charge in [0.25, 0.3) is 0 Å². The number of anilines is 2. The lowest BCUT2D eigenvalue weighted by molar-refractivity contribution is -0.0489. The van der Waals surface area contributed by atoms with Crippen molar-refractivity contribution in [1.29, 1.82) is 0 Å². The zero-order chi connectivity index (χ0) is 20.9. The molecule has 0 atom stereocenters. The van der Waals surface area contributed by atoms with Crippen molar-refractivity contribution >= 4 is 27.9 Å². The Hall–Kier alpha value is -3.73. The highest BCUT2D eigenvalue weighted by Gasteiger charge is 2.17. The number of benzene rings is 4. The van der Waals surface area contributed by atoms with Crippen molar-refractivity contribution in [1.82, 2.24) is 0 Å². The molecule has 30 heavy (non-hydrogen) atoms. The number of hydrogen-bond donors (Lipinski definition) is 0. The lowest BCUT2D eigenvalue weighted by atomic mass is 10.0. The van der Waals surface area contributed by atoms with Crippen LogP contribution in [0.1, 0.15) is 12.5 Å². The Kier molecular flexibility index (Phi) is 5.70. The molecule has 0 aliphatic rings. The third kappa shape index (κ3) is 4.15. The van der Waals surface area contributed by atoms with E-state index in [1.165, 1.54) is 0 Å². The van der Waals surface area contributed by atoms with E-state index in [1.54, 1.807) is 30.1 Å². The predicted octanol–water partition coefficient (Wildman–Crippen LogP) is 7.00. The molecular formula is C25H20F2N2O. The molecule has 0 heterocycles. The summed E-state index contributed by atoms with van der Waals surface area (Å²) in [6.45, 7) is -1.14. The van der Waals surface area contributed by atoms with Crippen molar-refractivity contribution < 1.29 is 13.5 Å². The molecule has 0 fully saturated rings. The van der Waals surface area contributed by atoms with E-state index >= 15 is 0 Å². The summed E-state index contributed by atoms with van der Waals surface area (Å²) in [4.78, 5) is 0. The molecule has 4 rings (SSSR count). The molecule has 0 spiro atoms. The fourth-order valence-electron chi connectivity index (χ4n) is 3.35. The maximum absolute atomic E-state index is 13.2. The number of halogens is 2. The molecule has 0 unspecified atom stereocenters. The Labute approximate surface area is 173 Å². The Morgan fingerprint density at radius 1 is 0.767 bits per heavy atom. The maximum Gasteiger partial charge on any atom is 0.387 e. The van der Waals surface area contributed by atoms with E-state index in [9.17, 15) is 8.78 Å². The fourth-order valence-corrected chi connectivity index (χ4v) is 3.35. The number of nitrogens with zero attached hydrogens (tertiary/aromatic N) is 2. The van der Waals surface area contributed by atoms with Gasteiger partial charge in [-0.1, -0.05) is 66.7 Å². The van der Waals surface area contributed by atoms with E-state index < -0.39 is 6.61 Å². The van der Waals surface area contributed by atoms with Crippen molar-refractivity contribution in [3.05, 3.63) is 103 Å². The lowest BCUT2D eigenvalue weighted by Gasteiger charge is -2.21. The standard InChI is InChI=1S/C25H20F2N2O/c1-18(22-17-16-19-10-8-9-15-23(19)24(22)30-25(26)27)28-29(20-11-4-2-5-12-20)21-13-6-3-7-14-21/h2-17,25H,1H3/b28-18+. The third-order valence-corrected chi connectivity index (χ3v) is 4.73. The molecule has 0 aliphatic heterocycles. The van der Waals surface area contributed by atoms with Crippen molar-refractivity contribution in [2.45, 2.75) is 13.5 Å². The van der Waals surface area contributed by atoms with Crippen LogP contribution in [0.15, 0.2) is 102 Å². The lowest BCUT2D eigenvalue weighted by Crippen LogP contribution is -2.14. The van der Waals surface area contributed by atoms with Gasteiger partial charge in [0.1, 0.15) is 5.75 Å². The predicted molar refractivity (Wildman–Crippen MR) is 118 cm³/mol. The van der Waals surface area contributed by atoms with Crippen molar-refractivity contribution in [3.8, 4) is 5.75 Å². The minimum atomic E-state index is -2.93. The van der Waals surface area contributed by atoms with Gasteiger partial charge in [-0.3, -0.25) is 0 Å². The number of fused-ring (bicyclic) bond motifs is 1. The van der Waals surface area contributed by atoms with Gasteiger partial charge in [-0.2, -0.15) is 13.9 Å². The summed E-state index contributed by atoms with van der Waals surface area (Å²) in [5, 5.41) is 8.02. The molecule has 150 valence electrons. The van der Waals surface area contributed by atoms with E-state index in [0.29, 0.717) is 16.7 Å². The highest BCUT2D eigenvalue weighted by molar-refractivity contribution is 6.07. The van der Waals surface area contributed by atoms with Crippen LogP contribution in [-0.4, -0.2) is 12.3 Å². The minimum Gasteiger partial charge on any atom is -0.433 e. The van der Waals surface area contributed by atoms with Crippen LogP contribution in [-0.2, 0) is 0 Å². The Morgan fingerprint density at radius 2 is 1.33 bits per heavy atom. The fraction of sp³-hybridized carbons (Fsp3) is 0.0800. The molecule has 3 nitrogen and oxygen atoms in total. The van der Waals surface area contributed by atoms with Gasteiger partial charge in [0.05, 0.1) is 17.1 Å². The first-order valence-electron chi connectivity index (χ1n) is 9.56. The summed E-state index contributed by atoms with van der Waals surface area (Å²) in [5.74, 6) is 0.130. The van der Waals surface area contributed by atoms with Crippen LogP contribution < -0.4 is 9.75 Å². The van der Waals surface area contributed by atoms with Gasteiger partial charge in [-0.15, -0.1) is 0 Å². The number of hydrazone groups is 1. The topological polar surface area (TPSA) is 24.8 Å². The largest absolute Gasteiger partial charge is 0.433 e. The summed E-state index contributed by atoms with van der Waals surface area (Å²) >= 11 is 0. The second-order valence-corrected chi connectivity index (χ2v) is 6.71. The zero-order valence-electron chi connectivity index (χ0n) is 16.4. The average Bonchev–Trinajstić information content (AvgIpc) is 2.78. The monoisotopic (exact) mass is 402 g/mol. The minimum absolute atomic E-state index is 0.130. The van der Waals surface area contributed by atoms with Crippen LogP contribution >= 0.6 is 0 Å². The van der Waals surface area contributed by atoms with E-state index in [4.69, 9.17) is 9.84 Å². The van der Waals surface area contributed by atoms with Crippen molar-refractivity contribution in [2.24, 2.45) is 5.10 Å². The summed E-state index contributed by atoms with van der Waals surface area (Å²) in [5.41, 5.74) is 2.80. The summed E-state index contributed by atoms with van der Waals surface area (Å²) in [6, 6.07) is 30.3. The molecule has 0 aromatic heterocycles. The van der Waals surface area contributed by atoms with Gasteiger partial charge >= 0.3 is 6.61 Å². The Morgan fingerprint density at radius 3 is 1.93 bits per heavy atom. The van der Waals surface area contributed by atoms with E-state index in [-0.39, 0.29) is 5.75 Å². The van der Waals surface area contributed by atoms with Crippen molar-refractivity contribution in [2.75, 3.05) is 5.01 Å². The van der Waals surface area contributed by atoms with Gasteiger partial charge in [0.2, 0.25) is 0 Å². The van der Waals surface area contributed by atoms with E-state index in [2.05, 4.69) is 0 Å². The molecular weight excluding hydrogens is 382 g/mol. The smallest absolute Gasteiger partial charge is 0.387 e. The number of para-hydroxylation sites is 2. The van der Waals surface area contributed by atoms with Gasteiger partial charge in [0.15, 0.2) is 0 Å². The first-order chi connectivity index (χ1) is 14.6. The van der Waals surface area contributed by atoms with E-state index in [0.717, 1.165) is 16.8 Å². The normalized spacial score (nSPS) is 11.7. The van der Waals surface area contributed by atoms with Gasteiger partial charge < -0.3 is 4.74 Å². The van der Waals surface area contributed by atoms with Crippen LogP contribution in [0.25, 0.3) is 10.8 Å². The number of ether oxygens (including phenoxy) is 1. The summed E-state index contributed by atoms with van der Waals surface area (Å²) in [6.07, 6.45) is 0. The molecule has 4 aromatic carbocycles. The van der Waals surface area contributed by atoms with Crippen molar-refractivity contribution in [3.63, 3.8) is 0 Å². The Bertz CT molecular complexity index is 1120. The van der Waals surface area contributed by atoms with Gasteiger partial charge in [-0.25, -0.2) is 5.01 Å². The Balaban J connectivity index is 1.85. The van der Waals surface area contributed by atoms with Crippen LogP contribution in [0, 0.1) is 0 Å². The molecule has 0 N–H and O–H groups in total. The second-order valence-electron chi connectivity index (χ2n) is 6.71. The highest BCUT2D eigenvalue weighted by Crippen LogP contribution is 2.33. The van der Waals surface area contributed by atoms with Crippen LogP contribution in [0.2, 0.25) is 0 Å². The molecule has 0 radical (unpaired) electrons. The molecule has 0 saturated carbocycles. The molecule has 0 bridgehead atoms.